The number of aliphatic imine (C=N–C) groups is 1. The minimum Gasteiger partial charge on any atom is -0.371 e. The van der Waals surface area contributed by atoms with E-state index in [2.05, 4.69) is 46.5 Å². The Kier molecular flexibility index (Phi) is 5.94. The molecule has 1 aromatic heterocycles. The molecule has 0 spiro atoms. The Bertz CT molecular complexity index is 436. The fourth-order valence-corrected chi connectivity index (χ4v) is 1.52. The third-order valence-electron chi connectivity index (χ3n) is 2.39. The molecule has 20 heavy (non-hydrogen) atoms. The zero-order valence-corrected chi connectivity index (χ0v) is 13.1. The van der Waals surface area contributed by atoms with Gasteiger partial charge in [0.2, 0.25) is 5.89 Å². The first-order valence-electron chi connectivity index (χ1n) is 6.78. The minimum atomic E-state index is -0.162. The largest absolute Gasteiger partial charge is 0.371 e. The van der Waals surface area contributed by atoms with E-state index in [1.807, 2.05) is 13.8 Å². The summed E-state index contributed by atoms with van der Waals surface area (Å²) in [4.78, 5) is 8.42. The van der Waals surface area contributed by atoms with Gasteiger partial charge in [-0.15, -0.1) is 0 Å². The van der Waals surface area contributed by atoms with Crippen LogP contribution in [0.15, 0.2) is 9.52 Å². The normalized spacial score (nSPS) is 14.2. The molecular formula is C13H25N5O2. The highest BCUT2D eigenvalue weighted by Crippen LogP contribution is 2.12. The maximum atomic E-state index is 5.41. The van der Waals surface area contributed by atoms with Crippen LogP contribution in [-0.4, -0.2) is 35.3 Å². The summed E-state index contributed by atoms with van der Waals surface area (Å²) >= 11 is 0. The van der Waals surface area contributed by atoms with Gasteiger partial charge in [-0.05, 0) is 34.6 Å². The van der Waals surface area contributed by atoms with Gasteiger partial charge in [0.15, 0.2) is 11.8 Å². The summed E-state index contributed by atoms with van der Waals surface area (Å²) in [5.74, 6) is 1.75. The molecular weight excluding hydrogens is 258 g/mol. The molecule has 0 fully saturated rings. The number of nitrogens with zero attached hydrogens (tertiary/aromatic N) is 3. The number of guanidine groups is 1. The number of rotatable bonds is 5. The molecule has 1 aromatic rings. The fraction of sp³-hybridized carbons (Fsp3) is 0.769. The van der Waals surface area contributed by atoms with E-state index in [4.69, 9.17) is 9.26 Å². The van der Waals surface area contributed by atoms with Crippen molar-refractivity contribution in [2.45, 2.75) is 52.8 Å². The Morgan fingerprint density at radius 2 is 2.15 bits per heavy atom. The molecule has 1 unspecified atom stereocenters. The van der Waals surface area contributed by atoms with Gasteiger partial charge < -0.3 is 19.9 Å². The van der Waals surface area contributed by atoms with E-state index < -0.39 is 0 Å². The lowest BCUT2D eigenvalue weighted by molar-refractivity contribution is 0.0683. The molecule has 1 rings (SSSR count). The zero-order valence-electron chi connectivity index (χ0n) is 13.1. The topological polar surface area (TPSA) is 84.6 Å². The van der Waals surface area contributed by atoms with Gasteiger partial charge in [-0.3, -0.25) is 4.99 Å². The third-order valence-corrected chi connectivity index (χ3v) is 2.39. The van der Waals surface area contributed by atoms with Crippen LogP contribution in [-0.2, 0) is 11.3 Å². The summed E-state index contributed by atoms with van der Waals surface area (Å²) in [6.07, 6.45) is -0.162. The molecule has 0 bridgehead atoms. The summed E-state index contributed by atoms with van der Waals surface area (Å²) < 4.78 is 10.6. The Morgan fingerprint density at radius 3 is 2.70 bits per heavy atom. The van der Waals surface area contributed by atoms with Crippen LogP contribution < -0.4 is 10.6 Å². The smallest absolute Gasteiger partial charge is 0.246 e. The lowest BCUT2D eigenvalue weighted by Crippen LogP contribution is -2.47. The Balaban J connectivity index is 2.53. The summed E-state index contributed by atoms with van der Waals surface area (Å²) in [7, 11) is 1.72. The second-order valence-corrected chi connectivity index (χ2v) is 5.44. The number of ether oxygens (including phenoxy) is 1. The predicted octanol–water partition coefficient (Wildman–Crippen LogP) is 1.63. The van der Waals surface area contributed by atoms with Gasteiger partial charge in [0.25, 0.3) is 0 Å². The van der Waals surface area contributed by atoms with Crippen LogP contribution >= 0.6 is 0 Å². The maximum absolute atomic E-state index is 5.41. The number of hydrogen-bond donors (Lipinski definition) is 2. The SMILES string of the molecule is CCOC(C)c1noc(CNC(=NC)NC(C)(C)C)n1. The van der Waals surface area contributed by atoms with Crippen LogP contribution in [0.2, 0.25) is 0 Å². The van der Waals surface area contributed by atoms with Crippen molar-refractivity contribution in [3.63, 3.8) is 0 Å². The van der Waals surface area contributed by atoms with Gasteiger partial charge in [0.1, 0.15) is 6.10 Å². The van der Waals surface area contributed by atoms with Crippen LogP contribution in [0.1, 0.15) is 52.4 Å². The molecule has 2 N–H and O–H groups in total. The molecule has 0 aromatic carbocycles. The molecule has 1 atom stereocenters. The molecule has 0 aliphatic rings. The van der Waals surface area contributed by atoms with Crippen molar-refractivity contribution >= 4 is 5.96 Å². The number of hydrogen-bond acceptors (Lipinski definition) is 5. The highest BCUT2D eigenvalue weighted by molar-refractivity contribution is 5.80. The molecule has 0 amide bonds. The van der Waals surface area contributed by atoms with Crippen LogP contribution in [0.3, 0.4) is 0 Å². The monoisotopic (exact) mass is 283 g/mol. The zero-order chi connectivity index (χ0) is 15.2. The van der Waals surface area contributed by atoms with Crippen molar-refractivity contribution in [1.82, 2.24) is 20.8 Å². The van der Waals surface area contributed by atoms with Crippen molar-refractivity contribution in [3.8, 4) is 0 Å². The van der Waals surface area contributed by atoms with E-state index in [9.17, 15) is 0 Å². The average molecular weight is 283 g/mol. The lowest BCUT2D eigenvalue weighted by Gasteiger charge is -2.23. The van der Waals surface area contributed by atoms with Gasteiger partial charge in [0, 0.05) is 19.2 Å². The van der Waals surface area contributed by atoms with Crippen molar-refractivity contribution in [2.75, 3.05) is 13.7 Å². The first-order chi connectivity index (χ1) is 9.35. The first kappa shape index (κ1) is 16.4. The first-order valence-corrected chi connectivity index (χ1v) is 6.78. The molecule has 0 aliphatic carbocycles. The van der Waals surface area contributed by atoms with Gasteiger partial charge >= 0.3 is 0 Å². The van der Waals surface area contributed by atoms with Crippen molar-refractivity contribution in [3.05, 3.63) is 11.7 Å². The van der Waals surface area contributed by atoms with Crippen molar-refractivity contribution < 1.29 is 9.26 Å². The molecule has 0 aliphatic heterocycles. The summed E-state index contributed by atoms with van der Waals surface area (Å²) in [6, 6.07) is 0. The van der Waals surface area contributed by atoms with Crippen LogP contribution in [0.4, 0.5) is 0 Å². The standard InChI is InChI=1S/C13H25N5O2/c1-7-19-9(2)11-16-10(20-18-11)8-15-12(14-6)17-13(3,4)5/h9H,7-8H2,1-6H3,(H2,14,15,17). The van der Waals surface area contributed by atoms with Crippen molar-refractivity contribution in [2.24, 2.45) is 4.99 Å². The molecule has 0 saturated heterocycles. The van der Waals surface area contributed by atoms with E-state index >= 15 is 0 Å². The molecule has 114 valence electrons. The average Bonchev–Trinajstić information content (AvgIpc) is 2.82. The predicted molar refractivity (Wildman–Crippen MR) is 77.4 cm³/mol. The highest BCUT2D eigenvalue weighted by Gasteiger charge is 2.15. The molecule has 1 heterocycles. The number of aromatic nitrogens is 2. The molecule has 0 saturated carbocycles. The van der Waals surface area contributed by atoms with Crippen LogP contribution in [0.5, 0.6) is 0 Å². The van der Waals surface area contributed by atoms with E-state index in [0.717, 1.165) is 0 Å². The quantitative estimate of drug-likeness (QED) is 0.631. The van der Waals surface area contributed by atoms with Gasteiger partial charge in [-0.1, -0.05) is 5.16 Å². The van der Waals surface area contributed by atoms with Gasteiger partial charge in [-0.25, -0.2) is 0 Å². The summed E-state index contributed by atoms with van der Waals surface area (Å²) in [6.45, 7) is 11.1. The second kappa shape index (κ2) is 7.23. The van der Waals surface area contributed by atoms with E-state index in [0.29, 0.717) is 30.8 Å². The summed E-state index contributed by atoms with van der Waals surface area (Å²) in [5, 5.41) is 10.3. The van der Waals surface area contributed by atoms with E-state index in [-0.39, 0.29) is 11.6 Å². The number of nitrogens with one attached hydrogen (secondary N) is 2. The maximum Gasteiger partial charge on any atom is 0.246 e. The fourth-order valence-electron chi connectivity index (χ4n) is 1.52. The lowest BCUT2D eigenvalue weighted by atomic mass is 10.1. The Labute approximate surface area is 120 Å². The summed E-state index contributed by atoms with van der Waals surface area (Å²) in [5.41, 5.74) is -0.0642. The van der Waals surface area contributed by atoms with E-state index in [1.165, 1.54) is 0 Å². The highest BCUT2D eigenvalue weighted by atomic mass is 16.5. The van der Waals surface area contributed by atoms with Crippen LogP contribution in [0, 0.1) is 0 Å². The third kappa shape index (κ3) is 5.56. The Morgan fingerprint density at radius 1 is 1.45 bits per heavy atom. The van der Waals surface area contributed by atoms with Gasteiger partial charge in [-0.2, -0.15) is 4.98 Å². The van der Waals surface area contributed by atoms with Gasteiger partial charge in [0.05, 0.1) is 6.54 Å². The second-order valence-electron chi connectivity index (χ2n) is 5.44. The Hall–Kier alpha value is -1.63. The van der Waals surface area contributed by atoms with Crippen molar-refractivity contribution in [1.29, 1.82) is 0 Å². The molecule has 7 nitrogen and oxygen atoms in total. The molecule has 7 heteroatoms. The van der Waals surface area contributed by atoms with Crippen LogP contribution in [0.25, 0.3) is 0 Å². The minimum absolute atomic E-state index is 0.0642. The molecule has 0 radical (unpaired) electrons. The van der Waals surface area contributed by atoms with E-state index in [1.54, 1.807) is 7.05 Å².